The second-order valence-corrected chi connectivity index (χ2v) is 22.6. The van der Waals surface area contributed by atoms with Gasteiger partial charge < -0.3 is 29.2 Å². The van der Waals surface area contributed by atoms with Gasteiger partial charge in [-0.3, -0.25) is 15.0 Å². The molecule has 4 aromatic heterocycles. The lowest BCUT2D eigenvalue weighted by Crippen LogP contribution is -2.48. The normalized spacial score (nSPS) is 16.2. The number of hydrogen-bond acceptors (Lipinski definition) is 12. The molecule has 0 amide bonds. The molecule has 2 saturated heterocycles. The molecule has 10 aromatic rings. The average molecular weight is 1500 g/mol. The Morgan fingerprint density at radius 3 is 1.29 bits per heavy atom. The minimum Gasteiger partial charge on any atom is -0.506 e. The lowest BCUT2D eigenvalue weighted by atomic mass is 9.84. The summed E-state index contributed by atoms with van der Waals surface area (Å²) in [7, 11) is 0. The zero-order valence-electron chi connectivity index (χ0n) is 48.2. The number of epoxide rings is 2. The molecule has 32 heteroatoms. The molecule has 6 heterocycles. The summed E-state index contributed by atoms with van der Waals surface area (Å²) in [5.74, 6) is -19.5. The van der Waals surface area contributed by atoms with Gasteiger partial charge in [0.25, 0.3) is 0 Å². The lowest BCUT2D eigenvalue weighted by Gasteiger charge is -2.35. The molecule has 0 radical (unpaired) electrons. The number of aromatic hydroxyl groups is 1. The number of ether oxygens (including phenoxy) is 4. The third-order valence-corrected chi connectivity index (χ3v) is 15.8. The number of halogens is 19. The molecule has 97 heavy (non-hydrogen) atoms. The molecule has 2 aliphatic heterocycles. The third kappa shape index (κ3) is 16.5. The van der Waals surface area contributed by atoms with E-state index in [1.54, 1.807) is 12.1 Å². The highest BCUT2D eigenvalue weighted by Gasteiger charge is 2.69. The Morgan fingerprint density at radius 1 is 0.515 bits per heavy atom. The molecule has 3 unspecified atom stereocenters. The first kappa shape index (κ1) is 74.2. The number of nitrogens with zero attached hydrogens (tertiary/aromatic N) is 7. The number of pyridine rings is 3. The molecule has 3 atom stereocenters. The molecule has 0 spiro atoms. The van der Waals surface area contributed by atoms with Crippen LogP contribution in [0, 0.1) is 52.4 Å². The SMILES string of the molecule is C.Fc1cc(Cl)ccc1CBr.Fc1ccc(C2(C(F)(F)c3ccc(OCc4ccc(Cl)cc4F)cn3)CO2)c(F)c1.OC(Cn1cnnn1)(c1ccc(F)cc1F)C(F)(F)c1ccc(OCc2ccc(Cl)cc2F)cn1.Oc1ccc(C(F)(F)C2(c3ccc(F)cc3F)CO2)nc1.[2HH]. The second-order valence-electron chi connectivity index (χ2n) is 20.8. The van der Waals surface area contributed by atoms with Crippen molar-refractivity contribution in [3.05, 3.63) is 288 Å². The number of aromatic nitrogens is 7. The van der Waals surface area contributed by atoms with Gasteiger partial charge in [-0.15, -0.1) is 5.10 Å². The van der Waals surface area contributed by atoms with Crippen molar-refractivity contribution in [1.29, 1.82) is 0 Å². The Bertz CT molecular complexity index is 4370. The minimum atomic E-state index is -4.21. The van der Waals surface area contributed by atoms with Crippen LogP contribution in [-0.2, 0) is 69.1 Å². The Balaban J connectivity index is 0.000000195. The summed E-state index contributed by atoms with van der Waals surface area (Å²) in [6, 6.07) is 25.4. The molecule has 12 rings (SSSR count). The van der Waals surface area contributed by atoms with Crippen molar-refractivity contribution in [3.8, 4) is 17.2 Å². The fraction of sp³-hybridized carbons (Fsp3) is 0.200. The fourth-order valence-corrected chi connectivity index (χ4v) is 10.1. The zero-order valence-corrected chi connectivity index (χ0v) is 52.1. The van der Waals surface area contributed by atoms with Crippen LogP contribution < -0.4 is 9.47 Å². The first-order chi connectivity index (χ1) is 45.4. The third-order valence-electron chi connectivity index (χ3n) is 14.5. The van der Waals surface area contributed by atoms with Gasteiger partial charge in [0.05, 0.1) is 38.3 Å². The Hall–Kier alpha value is -8.58. The van der Waals surface area contributed by atoms with Crippen molar-refractivity contribution in [1.82, 2.24) is 35.2 Å². The second kappa shape index (κ2) is 30.5. The van der Waals surface area contributed by atoms with E-state index >= 15 is 17.6 Å². The van der Waals surface area contributed by atoms with E-state index in [1.165, 1.54) is 36.4 Å². The van der Waals surface area contributed by atoms with Gasteiger partial charge in [-0.05, 0) is 125 Å². The minimum absolute atomic E-state index is 0. The number of alkyl halides is 7. The number of aliphatic hydroxyl groups is 1. The maximum atomic E-state index is 15.7. The molecular weight excluding hydrogens is 1450 g/mol. The van der Waals surface area contributed by atoms with E-state index in [1.807, 2.05) is 0 Å². The highest BCUT2D eigenvalue weighted by molar-refractivity contribution is 9.08. The molecular formula is C65H48BrCl3F15N7O6. The van der Waals surface area contributed by atoms with Gasteiger partial charge in [-0.2, -0.15) is 26.3 Å². The Labute approximate surface area is 565 Å². The first-order valence-corrected chi connectivity index (χ1v) is 29.6. The maximum Gasteiger partial charge on any atom is 0.324 e. The van der Waals surface area contributed by atoms with Crippen molar-refractivity contribution in [2.75, 3.05) is 13.2 Å². The van der Waals surface area contributed by atoms with Gasteiger partial charge in [0, 0.05) is 67.8 Å². The van der Waals surface area contributed by atoms with Gasteiger partial charge in [0.2, 0.25) is 0 Å². The van der Waals surface area contributed by atoms with Gasteiger partial charge in [0.1, 0.15) is 106 Å². The molecule has 2 N–H and O–H groups in total. The van der Waals surface area contributed by atoms with Crippen LogP contribution in [0.5, 0.6) is 17.2 Å². The zero-order chi connectivity index (χ0) is 69.5. The van der Waals surface area contributed by atoms with E-state index in [2.05, 4.69) is 46.4 Å². The molecule has 2 fully saturated rings. The highest BCUT2D eigenvalue weighted by Crippen LogP contribution is 2.58. The van der Waals surface area contributed by atoms with Crippen LogP contribution in [0.3, 0.4) is 0 Å². The van der Waals surface area contributed by atoms with E-state index in [9.17, 15) is 53.4 Å². The summed E-state index contributed by atoms with van der Waals surface area (Å²) in [4.78, 5) is 10.8. The molecule has 0 aliphatic carbocycles. The Morgan fingerprint density at radius 2 is 0.928 bits per heavy atom. The van der Waals surface area contributed by atoms with E-state index in [0.717, 1.165) is 102 Å². The molecule has 2 aliphatic rings. The van der Waals surface area contributed by atoms with Crippen molar-refractivity contribution in [2.24, 2.45) is 0 Å². The van der Waals surface area contributed by atoms with Crippen LogP contribution in [-0.4, -0.2) is 58.6 Å². The summed E-state index contributed by atoms with van der Waals surface area (Å²) < 4.78 is 234. The fourth-order valence-electron chi connectivity index (χ4n) is 9.19. The maximum absolute atomic E-state index is 15.7. The van der Waals surface area contributed by atoms with Crippen LogP contribution >= 0.6 is 50.7 Å². The lowest BCUT2D eigenvalue weighted by molar-refractivity contribution is -0.207. The van der Waals surface area contributed by atoms with Crippen LogP contribution in [0.1, 0.15) is 59.3 Å². The van der Waals surface area contributed by atoms with Crippen molar-refractivity contribution < 1.29 is 96.4 Å². The molecule has 13 nitrogen and oxygen atoms in total. The topological polar surface area (TPSA) is 166 Å². The van der Waals surface area contributed by atoms with Crippen molar-refractivity contribution >= 4 is 50.7 Å². The largest absolute Gasteiger partial charge is 0.506 e. The van der Waals surface area contributed by atoms with Crippen LogP contribution in [0.2, 0.25) is 15.1 Å². The number of hydrogen-bond donors (Lipinski definition) is 2. The summed E-state index contributed by atoms with van der Waals surface area (Å²) in [6.07, 6.45) is 3.80. The monoisotopic (exact) mass is 1490 g/mol. The highest BCUT2D eigenvalue weighted by atomic mass is 79.9. The van der Waals surface area contributed by atoms with Crippen LogP contribution in [0.4, 0.5) is 65.9 Å². The van der Waals surface area contributed by atoms with E-state index < -0.39 is 135 Å². The van der Waals surface area contributed by atoms with Gasteiger partial charge in [0.15, 0.2) is 16.8 Å². The Kier molecular flexibility index (Phi) is 23.3. The number of tetrazole rings is 1. The summed E-state index contributed by atoms with van der Waals surface area (Å²) in [6.45, 7) is -2.23. The average Bonchev–Trinajstić information content (AvgIpc) is 1.55. The standard InChI is InChI=1S/C22H15ClF5N5O2.C21H13ClF5NO2.C14H9F4NO2.C7H5BrClF.CH4.H2/c23-14-2-1-13(18(25)7-14)10-35-16-4-6-20(29-9-16)22(27,28)21(34,11-33-12-30-31-32-33)17-5-3-15(24)8-19(17)26;22-13-2-1-12(17(24)7-13)10-29-15-4-6-19(28-9-15)21(26,27)20(11-30-20)16-5-3-14(23)8-18(16)25;15-8-1-3-10(11(16)5-8)13(7-21-13)14(17,18)12-4-2-9(20)6-19-12;8-4-5-1-2-6(9)3-7(5)10;;/h1-9,12,34H,10-11H2;1-9H,10-11H2;1-6,20H,7H2;1-3H,4H2;1H4;1H/i;;;;;1+1. The molecule has 0 bridgehead atoms. The predicted octanol–water partition coefficient (Wildman–Crippen LogP) is 17.5. The van der Waals surface area contributed by atoms with E-state index in [-0.39, 0.29) is 66.3 Å². The van der Waals surface area contributed by atoms with Crippen molar-refractivity contribution in [3.63, 3.8) is 0 Å². The molecule has 0 saturated carbocycles. The summed E-state index contributed by atoms with van der Waals surface area (Å²) >= 11 is 20.1. The first-order valence-electron chi connectivity index (χ1n) is 27.4. The van der Waals surface area contributed by atoms with Crippen LogP contribution in [0.25, 0.3) is 0 Å². The number of benzene rings is 6. The van der Waals surface area contributed by atoms with E-state index in [0.29, 0.717) is 40.2 Å². The van der Waals surface area contributed by atoms with Crippen molar-refractivity contribution in [2.45, 2.75) is 67.1 Å². The summed E-state index contributed by atoms with van der Waals surface area (Å²) in [5.41, 5.74) is -10.7. The van der Waals surface area contributed by atoms with Gasteiger partial charge in [-0.25, -0.2) is 44.2 Å². The predicted molar refractivity (Wildman–Crippen MR) is 326 cm³/mol. The van der Waals surface area contributed by atoms with E-state index in [4.69, 9.17) is 58.9 Å². The van der Waals surface area contributed by atoms with Gasteiger partial charge in [-0.1, -0.05) is 76.4 Å². The summed E-state index contributed by atoms with van der Waals surface area (Å²) in [5, 5.41) is 31.7. The van der Waals surface area contributed by atoms with Crippen LogP contribution in [0.15, 0.2) is 171 Å². The smallest absolute Gasteiger partial charge is 0.324 e. The quantitative estimate of drug-likeness (QED) is 0.0475. The van der Waals surface area contributed by atoms with Gasteiger partial charge >= 0.3 is 17.8 Å². The molecule has 512 valence electrons. The number of rotatable bonds is 18. The molecule has 6 aromatic carbocycles.